The van der Waals surface area contributed by atoms with Crippen molar-refractivity contribution in [1.29, 1.82) is 5.26 Å². The Balaban J connectivity index is 1.75. The molecule has 0 N–H and O–H groups in total. The van der Waals surface area contributed by atoms with E-state index >= 15 is 0 Å². The SMILES string of the molecule is Cc1ccc(-n2nnnc2C(=CN(C)C)C(=O)c2cccc(-c3ccc(C#N)cc3)c2)cc1. The topological polar surface area (TPSA) is 87.7 Å². The number of Topliss-reactive ketones (excluding diaryl/α,β-unsaturated/α-hetero) is 1. The third kappa shape index (κ3) is 4.70. The molecule has 0 saturated heterocycles. The Labute approximate surface area is 192 Å². The van der Waals surface area contributed by atoms with E-state index in [4.69, 9.17) is 5.26 Å². The van der Waals surface area contributed by atoms with Crippen LogP contribution >= 0.6 is 0 Å². The van der Waals surface area contributed by atoms with E-state index in [1.807, 2.05) is 75.6 Å². The zero-order valence-electron chi connectivity index (χ0n) is 18.6. The van der Waals surface area contributed by atoms with Crippen molar-refractivity contribution in [2.24, 2.45) is 0 Å². The van der Waals surface area contributed by atoms with Gasteiger partial charge < -0.3 is 4.90 Å². The number of tetrazole rings is 1. The van der Waals surface area contributed by atoms with E-state index in [2.05, 4.69) is 21.6 Å². The molecule has 0 unspecified atom stereocenters. The lowest BCUT2D eigenvalue weighted by Gasteiger charge is -2.12. The summed E-state index contributed by atoms with van der Waals surface area (Å²) < 4.78 is 1.57. The fourth-order valence-corrected chi connectivity index (χ4v) is 3.42. The van der Waals surface area contributed by atoms with Crippen molar-refractivity contribution in [2.75, 3.05) is 14.1 Å². The average molecular weight is 435 g/mol. The number of rotatable bonds is 6. The average Bonchev–Trinajstić information content (AvgIpc) is 3.32. The molecule has 162 valence electrons. The molecular weight excluding hydrogens is 412 g/mol. The highest BCUT2D eigenvalue weighted by Gasteiger charge is 2.22. The highest BCUT2D eigenvalue weighted by Crippen LogP contribution is 2.25. The number of nitriles is 1. The van der Waals surface area contributed by atoms with E-state index in [1.165, 1.54) is 0 Å². The Bertz CT molecular complexity index is 1360. The molecule has 7 heteroatoms. The number of nitrogens with zero attached hydrogens (tertiary/aromatic N) is 6. The highest BCUT2D eigenvalue weighted by atomic mass is 16.1. The van der Waals surface area contributed by atoms with Gasteiger partial charge in [0.15, 0.2) is 11.6 Å². The van der Waals surface area contributed by atoms with Crippen molar-refractivity contribution in [3.8, 4) is 22.9 Å². The van der Waals surface area contributed by atoms with Crippen molar-refractivity contribution >= 4 is 11.4 Å². The number of aromatic nitrogens is 4. The van der Waals surface area contributed by atoms with Crippen LogP contribution < -0.4 is 0 Å². The van der Waals surface area contributed by atoms with Crippen LogP contribution in [0.1, 0.15) is 27.3 Å². The Morgan fingerprint density at radius 2 is 1.73 bits per heavy atom. The zero-order chi connectivity index (χ0) is 23.4. The molecule has 1 heterocycles. The monoisotopic (exact) mass is 434 g/mol. The predicted octanol–water partition coefficient (Wildman–Crippen LogP) is 4.29. The first-order valence-electron chi connectivity index (χ1n) is 10.4. The molecule has 33 heavy (non-hydrogen) atoms. The van der Waals surface area contributed by atoms with Crippen molar-refractivity contribution in [3.05, 3.63) is 102 Å². The summed E-state index contributed by atoms with van der Waals surface area (Å²) in [6.45, 7) is 2.01. The smallest absolute Gasteiger partial charge is 0.198 e. The quantitative estimate of drug-likeness (QED) is 0.332. The number of allylic oxidation sites excluding steroid dienone is 1. The van der Waals surface area contributed by atoms with E-state index in [-0.39, 0.29) is 5.78 Å². The van der Waals surface area contributed by atoms with Crippen LogP contribution in [0.4, 0.5) is 0 Å². The van der Waals surface area contributed by atoms with Crippen molar-refractivity contribution < 1.29 is 4.79 Å². The summed E-state index contributed by atoms with van der Waals surface area (Å²) in [6, 6.07) is 24.6. The normalized spacial score (nSPS) is 11.2. The van der Waals surface area contributed by atoms with Crippen LogP contribution in [0.3, 0.4) is 0 Å². The van der Waals surface area contributed by atoms with E-state index < -0.39 is 0 Å². The Morgan fingerprint density at radius 1 is 1.00 bits per heavy atom. The van der Waals surface area contributed by atoms with Crippen LogP contribution in [0.2, 0.25) is 0 Å². The summed E-state index contributed by atoms with van der Waals surface area (Å²) in [4.78, 5) is 15.5. The van der Waals surface area contributed by atoms with E-state index in [0.29, 0.717) is 22.5 Å². The molecule has 0 radical (unpaired) electrons. The summed E-state index contributed by atoms with van der Waals surface area (Å²) in [5.74, 6) is 0.170. The first-order valence-corrected chi connectivity index (χ1v) is 10.4. The third-order valence-electron chi connectivity index (χ3n) is 5.09. The number of carbonyl (C=O) groups excluding carboxylic acids is 1. The molecule has 0 atom stereocenters. The highest BCUT2D eigenvalue weighted by molar-refractivity contribution is 6.28. The lowest BCUT2D eigenvalue weighted by Crippen LogP contribution is -2.13. The second kappa shape index (κ2) is 9.28. The number of benzene rings is 3. The van der Waals surface area contributed by atoms with Crippen LogP contribution in [0.5, 0.6) is 0 Å². The van der Waals surface area contributed by atoms with Gasteiger partial charge in [0.25, 0.3) is 0 Å². The van der Waals surface area contributed by atoms with Gasteiger partial charge >= 0.3 is 0 Å². The van der Waals surface area contributed by atoms with Crippen LogP contribution in [0.15, 0.2) is 79.0 Å². The lowest BCUT2D eigenvalue weighted by molar-refractivity contribution is 0.105. The third-order valence-corrected chi connectivity index (χ3v) is 5.09. The molecule has 0 aliphatic carbocycles. The van der Waals surface area contributed by atoms with Gasteiger partial charge in [0.2, 0.25) is 0 Å². The van der Waals surface area contributed by atoms with Gasteiger partial charge in [-0.2, -0.15) is 9.94 Å². The molecule has 3 aromatic carbocycles. The minimum absolute atomic E-state index is 0.192. The summed E-state index contributed by atoms with van der Waals surface area (Å²) in [5.41, 5.74) is 5.17. The van der Waals surface area contributed by atoms with Crippen LogP contribution in [0, 0.1) is 18.3 Å². The molecule has 0 amide bonds. The molecule has 0 fully saturated rings. The van der Waals surface area contributed by atoms with Crippen LogP contribution in [0.25, 0.3) is 22.4 Å². The maximum absolute atomic E-state index is 13.7. The van der Waals surface area contributed by atoms with Crippen molar-refractivity contribution in [2.45, 2.75) is 6.92 Å². The van der Waals surface area contributed by atoms with E-state index in [9.17, 15) is 4.79 Å². The molecule has 1 aromatic heterocycles. The standard InChI is InChI=1S/C26H22N6O/c1-18-7-13-23(14-8-18)32-26(28-29-30-32)24(17-31(2)3)25(33)22-6-4-5-21(15-22)20-11-9-19(16-27)10-12-20/h4-15,17H,1-3H3. The largest absolute Gasteiger partial charge is 0.383 e. The van der Waals surface area contributed by atoms with Gasteiger partial charge in [-0.05, 0) is 58.8 Å². The Kier molecular flexibility index (Phi) is 6.09. The molecule has 0 spiro atoms. The number of carbonyl (C=O) groups is 1. The van der Waals surface area contributed by atoms with Crippen molar-refractivity contribution in [3.63, 3.8) is 0 Å². The Hall–Kier alpha value is -4.57. The molecule has 0 bridgehead atoms. The summed E-state index contributed by atoms with van der Waals surface area (Å²) in [5, 5.41) is 21.2. The Morgan fingerprint density at radius 3 is 2.39 bits per heavy atom. The van der Waals surface area contributed by atoms with Crippen LogP contribution in [-0.4, -0.2) is 45.0 Å². The number of aryl methyl sites for hydroxylation is 1. The summed E-state index contributed by atoms with van der Waals surface area (Å²) >= 11 is 0. The van der Waals surface area contributed by atoms with E-state index in [0.717, 1.165) is 22.4 Å². The number of hydrogen-bond donors (Lipinski definition) is 0. The predicted molar refractivity (Wildman–Crippen MR) is 126 cm³/mol. The maximum Gasteiger partial charge on any atom is 0.198 e. The van der Waals surface area contributed by atoms with Gasteiger partial charge in [0, 0.05) is 25.9 Å². The first-order chi connectivity index (χ1) is 16.0. The van der Waals surface area contributed by atoms with Gasteiger partial charge in [-0.1, -0.05) is 48.0 Å². The van der Waals surface area contributed by atoms with Crippen molar-refractivity contribution in [1.82, 2.24) is 25.1 Å². The zero-order valence-corrected chi connectivity index (χ0v) is 18.6. The van der Waals surface area contributed by atoms with Crippen LogP contribution in [-0.2, 0) is 0 Å². The second-order valence-electron chi connectivity index (χ2n) is 7.86. The molecule has 0 saturated carbocycles. The number of hydrogen-bond acceptors (Lipinski definition) is 6. The van der Waals surface area contributed by atoms with Gasteiger partial charge in [-0.15, -0.1) is 5.10 Å². The lowest BCUT2D eigenvalue weighted by atomic mass is 9.97. The summed E-state index contributed by atoms with van der Waals surface area (Å²) in [7, 11) is 3.70. The molecular formula is C26H22N6O. The minimum atomic E-state index is -0.192. The number of ketones is 1. The molecule has 4 rings (SSSR count). The van der Waals surface area contributed by atoms with Gasteiger partial charge in [-0.3, -0.25) is 4.79 Å². The molecule has 0 aliphatic heterocycles. The first kappa shape index (κ1) is 21.7. The fraction of sp³-hybridized carbons (Fsp3) is 0.115. The molecule has 0 aliphatic rings. The summed E-state index contributed by atoms with van der Waals surface area (Å²) in [6.07, 6.45) is 1.73. The van der Waals surface area contributed by atoms with Gasteiger partial charge in [-0.25, -0.2) is 0 Å². The fourth-order valence-electron chi connectivity index (χ4n) is 3.42. The maximum atomic E-state index is 13.7. The van der Waals surface area contributed by atoms with Gasteiger partial charge in [0.05, 0.1) is 22.9 Å². The van der Waals surface area contributed by atoms with E-state index in [1.54, 1.807) is 34.0 Å². The minimum Gasteiger partial charge on any atom is -0.383 e. The van der Waals surface area contributed by atoms with Gasteiger partial charge in [0.1, 0.15) is 0 Å². The second-order valence-corrected chi connectivity index (χ2v) is 7.86. The molecule has 7 nitrogen and oxygen atoms in total. The molecule has 4 aromatic rings.